The lowest BCUT2D eigenvalue weighted by Crippen LogP contribution is -2.33. The van der Waals surface area contributed by atoms with Gasteiger partial charge in [-0.1, -0.05) is 17.7 Å². The standard InChI is InChI=1S/C15H15N7O/c1-10-2-4-11(5-3-10)21-9-8-12(15(21)23)16-13-6-7-14-17-19-20-22(14)18-13/h2-7,12H,8-9H2,1H3,(H,16,18). The summed E-state index contributed by atoms with van der Waals surface area (Å²) in [4.78, 5) is 14.4. The second-order valence-electron chi connectivity index (χ2n) is 5.56. The van der Waals surface area contributed by atoms with Gasteiger partial charge in [-0.2, -0.15) is 0 Å². The Bertz CT molecular complexity index is 858. The number of carbonyl (C=O) groups is 1. The number of anilines is 2. The molecular weight excluding hydrogens is 294 g/mol. The Hall–Kier alpha value is -3.03. The molecule has 1 atom stereocenters. The van der Waals surface area contributed by atoms with Gasteiger partial charge in [0.2, 0.25) is 5.91 Å². The van der Waals surface area contributed by atoms with E-state index in [9.17, 15) is 4.79 Å². The molecule has 2 aromatic heterocycles. The molecule has 1 aliphatic heterocycles. The fraction of sp³-hybridized carbons (Fsp3) is 0.267. The molecule has 1 aliphatic rings. The highest BCUT2D eigenvalue weighted by molar-refractivity contribution is 6.00. The van der Waals surface area contributed by atoms with Gasteiger partial charge in [0.15, 0.2) is 5.65 Å². The number of benzene rings is 1. The summed E-state index contributed by atoms with van der Waals surface area (Å²) >= 11 is 0. The molecule has 4 rings (SSSR count). The normalized spacial score (nSPS) is 17.9. The minimum atomic E-state index is -0.294. The first kappa shape index (κ1) is 13.6. The highest BCUT2D eigenvalue weighted by Crippen LogP contribution is 2.23. The van der Waals surface area contributed by atoms with E-state index in [2.05, 4.69) is 25.9 Å². The lowest BCUT2D eigenvalue weighted by Gasteiger charge is -2.17. The van der Waals surface area contributed by atoms with Crippen LogP contribution in [0.5, 0.6) is 0 Å². The topological polar surface area (TPSA) is 88.3 Å². The first-order valence-corrected chi connectivity index (χ1v) is 7.41. The van der Waals surface area contributed by atoms with Crippen molar-refractivity contribution in [2.45, 2.75) is 19.4 Å². The van der Waals surface area contributed by atoms with Crippen molar-refractivity contribution < 1.29 is 4.79 Å². The van der Waals surface area contributed by atoms with Crippen molar-refractivity contribution in [2.24, 2.45) is 0 Å². The molecule has 1 amide bonds. The number of fused-ring (bicyclic) bond motifs is 1. The predicted molar refractivity (Wildman–Crippen MR) is 84.1 cm³/mol. The van der Waals surface area contributed by atoms with E-state index in [1.165, 1.54) is 10.2 Å². The van der Waals surface area contributed by atoms with E-state index in [-0.39, 0.29) is 11.9 Å². The van der Waals surface area contributed by atoms with E-state index in [0.717, 1.165) is 12.1 Å². The smallest absolute Gasteiger partial charge is 0.249 e. The van der Waals surface area contributed by atoms with Crippen LogP contribution in [-0.2, 0) is 4.79 Å². The second-order valence-corrected chi connectivity index (χ2v) is 5.56. The van der Waals surface area contributed by atoms with E-state index in [4.69, 9.17) is 0 Å². The number of amides is 1. The highest BCUT2D eigenvalue weighted by atomic mass is 16.2. The number of aryl methyl sites for hydroxylation is 1. The van der Waals surface area contributed by atoms with Crippen LogP contribution in [0.2, 0.25) is 0 Å². The summed E-state index contributed by atoms with van der Waals surface area (Å²) in [7, 11) is 0. The van der Waals surface area contributed by atoms with Crippen molar-refractivity contribution in [2.75, 3.05) is 16.8 Å². The van der Waals surface area contributed by atoms with Crippen LogP contribution in [-0.4, -0.2) is 43.7 Å². The highest BCUT2D eigenvalue weighted by Gasteiger charge is 2.32. The molecule has 1 fully saturated rings. The van der Waals surface area contributed by atoms with Gasteiger partial charge >= 0.3 is 0 Å². The zero-order valence-corrected chi connectivity index (χ0v) is 12.5. The van der Waals surface area contributed by atoms with Crippen molar-refractivity contribution in [1.82, 2.24) is 25.3 Å². The monoisotopic (exact) mass is 309 g/mol. The maximum atomic E-state index is 12.6. The molecule has 1 aromatic carbocycles. The molecule has 0 bridgehead atoms. The number of aromatic nitrogens is 5. The zero-order valence-electron chi connectivity index (χ0n) is 12.5. The van der Waals surface area contributed by atoms with E-state index in [0.29, 0.717) is 18.0 Å². The minimum Gasteiger partial charge on any atom is -0.357 e. The van der Waals surface area contributed by atoms with Gasteiger partial charge < -0.3 is 10.2 Å². The minimum absolute atomic E-state index is 0.0486. The van der Waals surface area contributed by atoms with E-state index in [1.807, 2.05) is 31.2 Å². The summed E-state index contributed by atoms with van der Waals surface area (Å²) in [6, 6.07) is 11.2. The zero-order chi connectivity index (χ0) is 15.8. The fourth-order valence-electron chi connectivity index (χ4n) is 2.70. The molecule has 0 saturated carbocycles. The van der Waals surface area contributed by atoms with Crippen LogP contribution in [0.1, 0.15) is 12.0 Å². The Balaban J connectivity index is 1.52. The number of carbonyl (C=O) groups excluding carboxylic acids is 1. The third-order valence-corrected chi connectivity index (χ3v) is 3.94. The van der Waals surface area contributed by atoms with Gasteiger partial charge in [0, 0.05) is 12.2 Å². The molecule has 0 radical (unpaired) electrons. The van der Waals surface area contributed by atoms with Crippen LogP contribution < -0.4 is 10.2 Å². The number of hydrogen-bond acceptors (Lipinski definition) is 6. The molecule has 1 unspecified atom stereocenters. The molecule has 1 saturated heterocycles. The summed E-state index contributed by atoms with van der Waals surface area (Å²) in [6.45, 7) is 2.72. The fourth-order valence-corrected chi connectivity index (χ4v) is 2.70. The molecule has 3 aromatic rings. The summed E-state index contributed by atoms with van der Waals surface area (Å²) in [6.07, 6.45) is 0.724. The van der Waals surface area contributed by atoms with E-state index < -0.39 is 0 Å². The van der Waals surface area contributed by atoms with Gasteiger partial charge in [-0.05, 0) is 48.0 Å². The first-order chi connectivity index (χ1) is 11.2. The van der Waals surface area contributed by atoms with Gasteiger partial charge in [0.1, 0.15) is 11.9 Å². The lowest BCUT2D eigenvalue weighted by atomic mass is 10.2. The summed E-state index contributed by atoms with van der Waals surface area (Å²) in [5.41, 5.74) is 2.66. The van der Waals surface area contributed by atoms with Crippen LogP contribution in [0.15, 0.2) is 36.4 Å². The molecule has 8 heteroatoms. The van der Waals surface area contributed by atoms with Gasteiger partial charge in [-0.15, -0.1) is 14.8 Å². The van der Waals surface area contributed by atoms with Crippen molar-refractivity contribution in [3.63, 3.8) is 0 Å². The van der Waals surface area contributed by atoms with Crippen molar-refractivity contribution in [1.29, 1.82) is 0 Å². The third kappa shape index (κ3) is 2.48. The molecule has 116 valence electrons. The Morgan fingerprint density at radius 2 is 2.00 bits per heavy atom. The van der Waals surface area contributed by atoms with Gasteiger partial charge in [0.25, 0.3) is 0 Å². The first-order valence-electron chi connectivity index (χ1n) is 7.41. The molecule has 0 aliphatic carbocycles. The molecule has 23 heavy (non-hydrogen) atoms. The maximum absolute atomic E-state index is 12.6. The molecule has 0 spiro atoms. The number of rotatable bonds is 3. The van der Waals surface area contributed by atoms with Crippen LogP contribution in [0.4, 0.5) is 11.5 Å². The van der Waals surface area contributed by atoms with Crippen molar-refractivity contribution in [3.8, 4) is 0 Å². The summed E-state index contributed by atoms with van der Waals surface area (Å²) in [5, 5.41) is 18.5. The van der Waals surface area contributed by atoms with Crippen LogP contribution in [0.3, 0.4) is 0 Å². The van der Waals surface area contributed by atoms with E-state index in [1.54, 1.807) is 17.0 Å². The quantitative estimate of drug-likeness (QED) is 0.778. The molecule has 1 N–H and O–H groups in total. The van der Waals surface area contributed by atoms with Gasteiger partial charge in [0.05, 0.1) is 0 Å². The van der Waals surface area contributed by atoms with Gasteiger partial charge in [-0.25, -0.2) is 0 Å². The largest absolute Gasteiger partial charge is 0.357 e. The lowest BCUT2D eigenvalue weighted by molar-refractivity contribution is -0.117. The Labute approximate surface area is 132 Å². The number of nitrogens with zero attached hydrogens (tertiary/aromatic N) is 6. The predicted octanol–water partition coefficient (Wildman–Crippen LogP) is 1.05. The molecule has 8 nitrogen and oxygen atoms in total. The van der Waals surface area contributed by atoms with Crippen LogP contribution in [0, 0.1) is 6.92 Å². The Morgan fingerprint density at radius 1 is 1.17 bits per heavy atom. The van der Waals surface area contributed by atoms with Crippen LogP contribution >= 0.6 is 0 Å². The summed E-state index contributed by atoms with van der Waals surface area (Å²) < 4.78 is 1.33. The van der Waals surface area contributed by atoms with Crippen molar-refractivity contribution >= 4 is 23.1 Å². The SMILES string of the molecule is Cc1ccc(N2CCC(Nc3ccc4nnnn4n3)C2=O)cc1. The van der Waals surface area contributed by atoms with Gasteiger partial charge in [-0.3, -0.25) is 4.79 Å². The number of hydrogen-bond donors (Lipinski definition) is 1. The maximum Gasteiger partial charge on any atom is 0.249 e. The third-order valence-electron chi connectivity index (χ3n) is 3.94. The number of tetrazole rings is 1. The summed E-state index contributed by atoms with van der Waals surface area (Å²) in [5.74, 6) is 0.626. The molecular formula is C15H15N7O. The molecule has 3 heterocycles. The average Bonchev–Trinajstić information content (AvgIpc) is 3.16. The second kappa shape index (κ2) is 5.31. The van der Waals surface area contributed by atoms with Crippen molar-refractivity contribution in [3.05, 3.63) is 42.0 Å². The average molecular weight is 309 g/mol. The number of nitrogens with one attached hydrogen (secondary N) is 1. The Morgan fingerprint density at radius 3 is 2.83 bits per heavy atom. The Kier molecular flexibility index (Phi) is 3.14. The van der Waals surface area contributed by atoms with E-state index >= 15 is 0 Å². The van der Waals surface area contributed by atoms with Crippen LogP contribution in [0.25, 0.3) is 5.65 Å².